The van der Waals surface area contributed by atoms with Gasteiger partial charge in [-0.2, -0.15) is 0 Å². The number of benzene rings is 1. The number of nitrogens with zero attached hydrogens (tertiary/aromatic N) is 3. The van der Waals surface area contributed by atoms with Crippen LogP contribution in [-0.4, -0.2) is 34.1 Å². The van der Waals surface area contributed by atoms with Crippen LogP contribution in [0, 0.1) is 0 Å². The fourth-order valence-corrected chi connectivity index (χ4v) is 4.05. The first-order valence-electron chi connectivity index (χ1n) is 9.65. The first-order valence-corrected chi connectivity index (χ1v) is 10.9. The van der Waals surface area contributed by atoms with E-state index in [0.717, 1.165) is 28.0 Å². The quantitative estimate of drug-likeness (QED) is 0.358. The number of aromatic nitrogens is 3. The Kier molecular flexibility index (Phi) is 6.59. The van der Waals surface area contributed by atoms with Gasteiger partial charge >= 0.3 is 5.97 Å². The predicted octanol–water partition coefficient (Wildman–Crippen LogP) is 5.36. The summed E-state index contributed by atoms with van der Waals surface area (Å²) in [7, 11) is 0. The van der Waals surface area contributed by atoms with E-state index in [4.69, 9.17) is 21.1 Å². The minimum Gasteiger partial charge on any atom is -0.462 e. The Balaban J connectivity index is 1.32. The molecule has 1 aromatic carbocycles. The van der Waals surface area contributed by atoms with Crippen molar-refractivity contribution in [2.24, 2.45) is 0 Å². The van der Waals surface area contributed by atoms with E-state index in [0.29, 0.717) is 35.4 Å². The number of carbonyl (C=O) groups is 1. The molecule has 0 bridgehead atoms. The number of hydrogen-bond donors (Lipinski definition) is 1. The van der Waals surface area contributed by atoms with Crippen molar-refractivity contribution in [1.82, 2.24) is 15.0 Å². The molecule has 1 N–H and O–H groups in total. The highest BCUT2D eigenvalue weighted by molar-refractivity contribution is 7.17. The topological polar surface area (TPSA) is 86.2 Å². The zero-order chi connectivity index (χ0) is 21.6. The summed E-state index contributed by atoms with van der Waals surface area (Å²) in [5.41, 5.74) is 1.54. The Morgan fingerprint density at radius 3 is 2.71 bits per heavy atom. The minimum absolute atomic E-state index is 0.323. The van der Waals surface area contributed by atoms with Crippen molar-refractivity contribution >= 4 is 44.9 Å². The Bertz CT molecular complexity index is 1180. The zero-order valence-electron chi connectivity index (χ0n) is 16.7. The molecule has 0 saturated carbocycles. The Morgan fingerprint density at radius 1 is 1.13 bits per heavy atom. The standard InChI is InChI=1S/C22H19ClN4O3S/c1-2-29-22(28)15-5-8-18(25-11-15)30-16-6-3-14(4-7-16)9-10-24-20-19-17(23)12-31-21(19)27-13-26-20/h3-8,11-13H,2,9-10H2,1H3,(H,24,26,27). The van der Waals surface area contributed by atoms with Gasteiger partial charge in [0.1, 0.15) is 22.7 Å². The van der Waals surface area contributed by atoms with Gasteiger partial charge < -0.3 is 14.8 Å². The third-order valence-electron chi connectivity index (χ3n) is 4.42. The number of thiophene rings is 1. The van der Waals surface area contributed by atoms with Gasteiger partial charge in [0.05, 0.1) is 22.6 Å². The molecule has 0 spiro atoms. The van der Waals surface area contributed by atoms with Crippen molar-refractivity contribution in [1.29, 1.82) is 0 Å². The van der Waals surface area contributed by atoms with Gasteiger partial charge in [-0.05, 0) is 37.1 Å². The maximum atomic E-state index is 11.7. The van der Waals surface area contributed by atoms with Crippen molar-refractivity contribution in [3.8, 4) is 11.6 Å². The Labute approximate surface area is 188 Å². The van der Waals surface area contributed by atoms with E-state index in [-0.39, 0.29) is 0 Å². The third-order valence-corrected chi connectivity index (χ3v) is 5.74. The molecular formula is C22H19ClN4O3S. The van der Waals surface area contributed by atoms with Gasteiger partial charge in [0.25, 0.3) is 0 Å². The minimum atomic E-state index is -0.400. The molecule has 158 valence electrons. The number of anilines is 1. The second kappa shape index (κ2) is 9.72. The lowest BCUT2D eigenvalue weighted by molar-refractivity contribution is 0.0526. The van der Waals surface area contributed by atoms with Gasteiger partial charge in [-0.25, -0.2) is 19.7 Å². The molecule has 0 amide bonds. The van der Waals surface area contributed by atoms with Crippen LogP contribution in [0.15, 0.2) is 54.3 Å². The summed E-state index contributed by atoms with van der Waals surface area (Å²) in [4.78, 5) is 25.2. The van der Waals surface area contributed by atoms with Gasteiger partial charge in [-0.3, -0.25) is 0 Å². The first-order chi connectivity index (χ1) is 15.1. The van der Waals surface area contributed by atoms with Crippen LogP contribution < -0.4 is 10.1 Å². The molecule has 3 aromatic heterocycles. The monoisotopic (exact) mass is 454 g/mol. The third kappa shape index (κ3) is 5.10. The molecule has 0 aliphatic rings. The first kappa shape index (κ1) is 21.0. The highest BCUT2D eigenvalue weighted by atomic mass is 35.5. The number of hydrogen-bond acceptors (Lipinski definition) is 8. The summed E-state index contributed by atoms with van der Waals surface area (Å²) in [6.45, 7) is 2.79. The number of carbonyl (C=O) groups excluding carboxylic acids is 1. The fraction of sp³-hybridized carbons (Fsp3) is 0.182. The van der Waals surface area contributed by atoms with Crippen molar-refractivity contribution in [2.75, 3.05) is 18.5 Å². The highest BCUT2D eigenvalue weighted by Crippen LogP contribution is 2.32. The normalized spacial score (nSPS) is 10.8. The summed E-state index contributed by atoms with van der Waals surface area (Å²) in [6.07, 6.45) is 3.79. The van der Waals surface area contributed by atoms with Crippen molar-refractivity contribution in [3.63, 3.8) is 0 Å². The van der Waals surface area contributed by atoms with Crippen LogP contribution in [0.4, 0.5) is 5.82 Å². The van der Waals surface area contributed by atoms with Gasteiger partial charge in [-0.1, -0.05) is 23.7 Å². The lowest BCUT2D eigenvalue weighted by Crippen LogP contribution is -2.06. The number of pyridine rings is 1. The molecule has 0 saturated heterocycles. The number of ether oxygens (including phenoxy) is 2. The number of nitrogens with one attached hydrogen (secondary N) is 1. The van der Waals surface area contributed by atoms with Crippen LogP contribution in [-0.2, 0) is 11.2 Å². The molecule has 4 aromatic rings. The van der Waals surface area contributed by atoms with E-state index in [1.807, 2.05) is 29.6 Å². The summed E-state index contributed by atoms with van der Waals surface area (Å²) in [5, 5.41) is 6.72. The SMILES string of the molecule is CCOC(=O)c1ccc(Oc2ccc(CCNc3ncnc4scc(Cl)c34)cc2)nc1. The van der Waals surface area contributed by atoms with Crippen LogP contribution >= 0.6 is 22.9 Å². The molecule has 0 aliphatic carbocycles. The van der Waals surface area contributed by atoms with Crippen LogP contribution in [0.1, 0.15) is 22.8 Å². The van der Waals surface area contributed by atoms with E-state index in [1.54, 1.807) is 19.1 Å². The van der Waals surface area contributed by atoms with Crippen LogP contribution in [0.2, 0.25) is 5.02 Å². The zero-order valence-corrected chi connectivity index (χ0v) is 18.2. The molecule has 0 fully saturated rings. The second-order valence-corrected chi connectivity index (χ2v) is 7.78. The molecule has 0 atom stereocenters. The van der Waals surface area contributed by atoms with E-state index in [9.17, 15) is 4.79 Å². The lowest BCUT2D eigenvalue weighted by atomic mass is 10.1. The average Bonchev–Trinajstić information content (AvgIpc) is 3.17. The lowest BCUT2D eigenvalue weighted by Gasteiger charge is -2.08. The molecule has 7 nitrogen and oxygen atoms in total. The second-order valence-electron chi connectivity index (χ2n) is 6.51. The van der Waals surface area contributed by atoms with Crippen molar-refractivity contribution in [2.45, 2.75) is 13.3 Å². The summed E-state index contributed by atoms with van der Waals surface area (Å²) in [6, 6.07) is 11.0. The van der Waals surface area contributed by atoms with Crippen molar-refractivity contribution < 1.29 is 14.3 Å². The van der Waals surface area contributed by atoms with Crippen LogP contribution in [0.5, 0.6) is 11.6 Å². The molecule has 0 unspecified atom stereocenters. The van der Waals surface area contributed by atoms with Crippen LogP contribution in [0.25, 0.3) is 10.2 Å². The smallest absolute Gasteiger partial charge is 0.339 e. The van der Waals surface area contributed by atoms with Gasteiger partial charge in [0.15, 0.2) is 0 Å². The van der Waals surface area contributed by atoms with E-state index < -0.39 is 5.97 Å². The highest BCUT2D eigenvalue weighted by Gasteiger charge is 2.10. The van der Waals surface area contributed by atoms with Gasteiger partial charge in [0.2, 0.25) is 5.88 Å². The average molecular weight is 455 g/mol. The molecule has 0 aliphatic heterocycles. The number of esters is 1. The van der Waals surface area contributed by atoms with Crippen molar-refractivity contribution in [3.05, 3.63) is 70.5 Å². The molecular weight excluding hydrogens is 436 g/mol. The summed E-state index contributed by atoms with van der Waals surface area (Å²) in [5.74, 6) is 1.41. The van der Waals surface area contributed by atoms with E-state index in [1.165, 1.54) is 23.9 Å². The summed E-state index contributed by atoms with van der Waals surface area (Å²) < 4.78 is 10.7. The molecule has 3 heterocycles. The van der Waals surface area contributed by atoms with E-state index >= 15 is 0 Å². The summed E-state index contributed by atoms with van der Waals surface area (Å²) >= 11 is 7.74. The number of fused-ring (bicyclic) bond motifs is 1. The molecule has 9 heteroatoms. The fourth-order valence-electron chi connectivity index (χ4n) is 2.92. The molecule has 0 radical (unpaired) electrons. The van der Waals surface area contributed by atoms with Crippen LogP contribution in [0.3, 0.4) is 0 Å². The molecule has 31 heavy (non-hydrogen) atoms. The Morgan fingerprint density at radius 2 is 1.97 bits per heavy atom. The predicted molar refractivity (Wildman–Crippen MR) is 121 cm³/mol. The van der Waals surface area contributed by atoms with Gasteiger partial charge in [0, 0.05) is 24.2 Å². The maximum Gasteiger partial charge on any atom is 0.339 e. The number of rotatable bonds is 8. The Hall–Kier alpha value is -3.23. The molecule has 4 rings (SSSR count). The largest absolute Gasteiger partial charge is 0.462 e. The number of halogens is 1. The van der Waals surface area contributed by atoms with Gasteiger partial charge in [-0.15, -0.1) is 11.3 Å². The van der Waals surface area contributed by atoms with E-state index in [2.05, 4.69) is 20.3 Å². The maximum absolute atomic E-state index is 11.7.